The summed E-state index contributed by atoms with van der Waals surface area (Å²) in [6.45, 7) is 4.06. The lowest BCUT2D eigenvalue weighted by Gasteiger charge is -2.38. The summed E-state index contributed by atoms with van der Waals surface area (Å²) in [7, 11) is 0. The minimum absolute atomic E-state index is 0.00983. The van der Waals surface area contributed by atoms with E-state index in [-0.39, 0.29) is 29.6 Å². The summed E-state index contributed by atoms with van der Waals surface area (Å²) >= 11 is 1.76. The van der Waals surface area contributed by atoms with Gasteiger partial charge in [-0.15, -0.1) is 11.3 Å². The molecule has 0 N–H and O–H groups in total. The Morgan fingerprint density at radius 2 is 1.76 bits per heavy atom. The Kier molecular flexibility index (Phi) is 6.79. The van der Waals surface area contributed by atoms with Crippen molar-refractivity contribution in [3.05, 3.63) is 57.5 Å². The molecule has 2 aromatic rings. The lowest BCUT2D eigenvalue weighted by molar-refractivity contribution is -0.142. The quantitative estimate of drug-likeness (QED) is 0.663. The molecule has 1 aromatic carbocycles. The Balaban J connectivity index is 1.19. The molecular formula is C26H32FN3O2S. The average Bonchev–Trinajstić information content (AvgIpc) is 3.54. The van der Waals surface area contributed by atoms with Crippen molar-refractivity contribution in [2.24, 2.45) is 5.92 Å². The molecule has 0 bridgehead atoms. The van der Waals surface area contributed by atoms with E-state index in [1.54, 1.807) is 23.5 Å². The van der Waals surface area contributed by atoms with Crippen LogP contribution in [0, 0.1) is 11.7 Å². The van der Waals surface area contributed by atoms with Crippen LogP contribution in [0.15, 0.2) is 35.7 Å². The highest BCUT2D eigenvalue weighted by molar-refractivity contribution is 7.10. The zero-order valence-corrected chi connectivity index (χ0v) is 19.9. The summed E-state index contributed by atoms with van der Waals surface area (Å²) in [5.41, 5.74) is 2.18. The number of nitrogens with zero attached hydrogens (tertiary/aromatic N) is 3. The van der Waals surface area contributed by atoms with Crippen molar-refractivity contribution in [1.29, 1.82) is 0 Å². The smallest absolute Gasteiger partial charge is 0.225 e. The summed E-state index contributed by atoms with van der Waals surface area (Å²) in [5, 5.41) is 2.11. The number of hydrogen-bond donors (Lipinski definition) is 0. The fraction of sp³-hybridized carbons (Fsp3) is 0.538. The zero-order chi connectivity index (χ0) is 22.8. The molecule has 1 aromatic heterocycles. The molecule has 5 rings (SSSR count). The van der Waals surface area contributed by atoms with Gasteiger partial charge in [-0.25, -0.2) is 4.39 Å². The van der Waals surface area contributed by atoms with Gasteiger partial charge in [0.25, 0.3) is 0 Å². The molecule has 2 aliphatic heterocycles. The first-order valence-electron chi connectivity index (χ1n) is 12.2. The first kappa shape index (κ1) is 22.5. The molecule has 2 amide bonds. The fourth-order valence-electron chi connectivity index (χ4n) is 5.68. The molecule has 33 heavy (non-hydrogen) atoms. The van der Waals surface area contributed by atoms with Gasteiger partial charge in [0.15, 0.2) is 0 Å². The van der Waals surface area contributed by atoms with Crippen LogP contribution in [0.4, 0.5) is 4.39 Å². The third-order valence-electron chi connectivity index (χ3n) is 7.49. The highest BCUT2D eigenvalue weighted by atomic mass is 32.1. The third kappa shape index (κ3) is 4.85. The highest BCUT2D eigenvalue weighted by Crippen LogP contribution is 2.38. The van der Waals surface area contributed by atoms with E-state index in [0.717, 1.165) is 44.2 Å². The van der Waals surface area contributed by atoms with Crippen LogP contribution in [-0.4, -0.2) is 65.8 Å². The maximum Gasteiger partial charge on any atom is 0.225 e. The summed E-state index contributed by atoms with van der Waals surface area (Å²) in [6.07, 6.45) is 5.78. The number of piperazine rings is 1. The van der Waals surface area contributed by atoms with Gasteiger partial charge in [0.2, 0.25) is 11.8 Å². The highest BCUT2D eigenvalue weighted by Gasteiger charge is 2.32. The SMILES string of the molecule is O=C(CCN1CCc2sccc2[C@@H]1c1cccc(F)c1)N1CCN(C(=O)C2CCCC2)CC1. The molecule has 3 aliphatic rings. The predicted molar refractivity (Wildman–Crippen MR) is 128 cm³/mol. The maximum absolute atomic E-state index is 14.0. The van der Waals surface area contributed by atoms with Crippen molar-refractivity contribution in [3.8, 4) is 0 Å². The normalized spacial score (nSPS) is 21.9. The van der Waals surface area contributed by atoms with Crippen LogP contribution in [0.3, 0.4) is 0 Å². The van der Waals surface area contributed by atoms with Crippen LogP contribution in [0.1, 0.15) is 54.1 Å². The van der Waals surface area contributed by atoms with Crippen molar-refractivity contribution >= 4 is 23.2 Å². The summed E-state index contributed by atoms with van der Waals surface area (Å²) < 4.78 is 14.0. The van der Waals surface area contributed by atoms with Crippen LogP contribution < -0.4 is 0 Å². The number of rotatable bonds is 5. The van der Waals surface area contributed by atoms with Crippen molar-refractivity contribution in [1.82, 2.24) is 14.7 Å². The Hall–Kier alpha value is -2.25. The van der Waals surface area contributed by atoms with Crippen molar-refractivity contribution in [3.63, 3.8) is 0 Å². The van der Waals surface area contributed by atoms with Gasteiger partial charge < -0.3 is 9.80 Å². The number of benzene rings is 1. The molecule has 3 heterocycles. The third-order valence-corrected chi connectivity index (χ3v) is 8.49. The van der Waals surface area contributed by atoms with E-state index in [9.17, 15) is 14.0 Å². The second-order valence-corrected chi connectivity index (χ2v) is 10.5. The number of thiophene rings is 1. The zero-order valence-electron chi connectivity index (χ0n) is 19.0. The minimum atomic E-state index is -0.226. The van der Waals surface area contributed by atoms with E-state index in [4.69, 9.17) is 0 Å². The number of fused-ring (bicyclic) bond motifs is 1. The van der Waals surface area contributed by atoms with Gasteiger partial charge in [-0.3, -0.25) is 14.5 Å². The Morgan fingerprint density at radius 3 is 2.52 bits per heavy atom. The van der Waals surface area contributed by atoms with Gasteiger partial charge in [0, 0.05) is 56.5 Å². The van der Waals surface area contributed by atoms with Crippen LogP contribution in [0.5, 0.6) is 0 Å². The van der Waals surface area contributed by atoms with Crippen molar-refractivity contribution < 1.29 is 14.0 Å². The monoisotopic (exact) mass is 469 g/mol. The van der Waals surface area contributed by atoms with Gasteiger partial charge in [-0.05, 0) is 54.0 Å². The van der Waals surface area contributed by atoms with Crippen molar-refractivity contribution in [2.75, 3.05) is 39.3 Å². The molecule has 0 radical (unpaired) electrons. The minimum Gasteiger partial charge on any atom is -0.339 e. The summed E-state index contributed by atoms with van der Waals surface area (Å²) in [5.74, 6) is 0.415. The van der Waals surface area contributed by atoms with Crippen molar-refractivity contribution in [2.45, 2.75) is 44.6 Å². The standard InChI is InChI=1S/C26H32FN3O2S/c27-21-7-3-6-20(18-21)25-22-10-17-33-23(22)8-11-29(25)12-9-24(31)28-13-15-30(16-14-28)26(32)19-4-1-2-5-19/h3,6-7,10,17-19,25H,1-2,4-5,8-9,11-16H2/t25-/m0/s1. The predicted octanol–water partition coefficient (Wildman–Crippen LogP) is 4.09. The molecule has 1 saturated heterocycles. The first-order valence-corrected chi connectivity index (χ1v) is 13.1. The van der Waals surface area contributed by atoms with E-state index in [2.05, 4.69) is 16.3 Å². The molecule has 5 nitrogen and oxygen atoms in total. The van der Waals surface area contributed by atoms with Crippen LogP contribution in [0.25, 0.3) is 0 Å². The van der Waals surface area contributed by atoms with Crippen LogP contribution in [-0.2, 0) is 16.0 Å². The molecule has 176 valence electrons. The molecule has 7 heteroatoms. The molecule has 0 spiro atoms. The Morgan fingerprint density at radius 1 is 1.00 bits per heavy atom. The Labute approximate surface area is 199 Å². The van der Waals surface area contributed by atoms with Gasteiger partial charge in [-0.2, -0.15) is 0 Å². The number of carbonyl (C=O) groups excluding carboxylic acids is 2. The van der Waals surface area contributed by atoms with E-state index < -0.39 is 0 Å². The first-order chi connectivity index (χ1) is 16.1. The number of halogens is 1. The Bertz CT molecular complexity index is 995. The lowest BCUT2D eigenvalue weighted by Crippen LogP contribution is -2.52. The van der Waals surface area contributed by atoms with E-state index in [1.807, 2.05) is 15.9 Å². The van der Waals surface area contributed by atoms with E-state index in [1.165, 1.54) is 16.5 Å². The molecule has 1 atom stereocenters. The number of carbonyl (C=O) groups is 2. The molecule has 1 aliphatic carbocycles. The molecule has 0 unspecified atom stereocenters. The summed E-state index contributed by atoms with van der Waals surface area (Å²) in [6, 6.07) is 8.98. The van der Waals surface area contributed by atoms with Gasteiger partial charge in [0.1, 0.15) is 5.82 Å². The number of amides is 2. The topological polar surface area (TPSA) is 43.9 Å². The second kappa shape index (κ2) is 9.94. The fourth-order valence-corrected chi connectivity index (χ4v) is 6.58. The molecule has 1 saturated carbocycles. The largest absolute Gasteiger partial charge is 0.339 e. The molecule has 2 fully saturated rings. The average molecular weight is 470 g/mol. The second-order valence-electron chi connectivity index (χ2n) is 9.48. The van der Waals surface area contributed by atoms with Gasteiger partial charge in [-0.1, -0.05) is 25.0 Å². The van der Waals surface area contributed by atoms with Crippen LogP contribution in [0.2, 0.25) is 0 Å². The van der Waals surface area contributed by atoms with Crippen LogP contribution >= 0.6 is 11.3 Å². The van der Waals surface area contributed by atoms with Gasteiger partial charge in [0.05, 0.1) is 6.04 Å². The molecular weight excluding hydrogens is 437 g/mol. The summed E-state index contributed by atoms with van der Waals surface area (Å²) in [4.78, 5) is 33.2. The van der Waals surface area contributed by atoms with Gasteiger partial charge >= 0.3 is 0 Å². The van der Waals surface area contributed by atoms with E-state index >= 15 is 0 Å². The maximum atomic E-state index is 14.0. The number of hydrogen-bond acceptors (Lipinski definition) is 4. The lowest BCUT2D eigenvalue weighted by atomic mass is 9.93. The van der Waals surface area contributed by atoms with E-state index in [0.29, 0.717) is 39.1 Å².